The highest BCUT2D eigenvalue weighted by atomic mass is 32.2. The van der Waals surface area contributed by atoms with Crippen molar-refractivity contribution in [2.75, 3.05) is 65.0 Å². The highest BCUT2D eigenvalue weighted by Crippen LogP contribution is 2.19. The molecule has 0 saturated carbocycles. The van der Waals surface area contributed by atoms with E-state index in [4.69, 9.17) is 4.74 Å². The summed E-state index contributed by atoms with van der Waals surface area (Å²) in [4.78, 5) is 35.9. The minimum atomic E-state index is 0.250. The van der Waals surface area contributed by atoms with Crippen LogP contribution in [-0.4, -0.2) is 82.3 Å². The first-order valence-electron chi connectivity index (χ1n) is 16.7. The van der Waals surface area contributed by atoms with E-state index in [1.54, 1.807) is 0 Å². The van der Waals surface area contributed by atoms with Crippen LogP contribution in [-0.2, 0) is 37.4 Å². The zero-order valence-corrected chi connectivity index (χ0v) is 29.7. The Hall–Kier alpha value is -2.84. The van der Waals surface area contributed by atoms with Gasteiger partial charge in [-0.1, -0.05) is 97.1 Å². The van der Waals surface area contributed by atoms with Crippen LogP contribution in [0.25, 0.3) is 10.8 Å². The largest absolute Gasteiger partial charge is 0.372 e. The predicted molar refractivity (Wildman–Crippen MR) is 205 cm³/mol. The lowest BCUT2D eigenvalue weighted by atomic mass is 10.1. The van der Waals surface area contributed by atoms with E-state index in [2.05, 4.69) is 18.2 Å². The second-order valence-electron chi connectivity index (χ2n) is 12.1. The maximum absolute atomic E-state index is 12.3. The van der Waals surface area contributed by atoms with Gasteiger partial charge in [-0.15, -0.1) is 0 Å². The van der Waals surface area contributed by atoms with Crippen LogP contribution in [0.4, 0.5) is 0 Å². The molecule has 3 aliphatic rings. The Balaban J connectivity index is 0.000000140. The summed E-state index contributed by atoms with van der Waals surface area (Å²) in [7, 11) is 1.00. The third-order valence-corrected chi connectivity index (χ3v) is 15.5. The minimum Gasteiger partial charge on any atom is -0.372 e. The number of benzene rings is 4. The third-order valence-electron chi connectivity index (χ3n) is 8.53. The number of rotatable bonds is 9. The number of fused-ring (bicyclic) bond motifs is 1. The molecular formula is C40H47O4S3+3. The molecule has 0 spiro atoms. The number of hydrogen-bond acceptors (Lipinski definition) is 4. The van der Waals surface area contributed by atoms with Crippen LogP contribution in [0, 0.1) is 0 Å². The number of ether oxygens (including phenoxy) is 1. The van der Waals surface area contributed by atoms with Crippen molar-refractivity contribution >= 4 is 60.8 Å². The zero-order chi connectivity index (χ0) is 32.7. The molecule has 3 aliphatic heterocycles. The molecule has 3 saturated heterocycles. The van der Waals surface area contributed by atoms with Gasteiger partial charge in [-0.05, 0) is 64.3 Å². The molecule has 7 rings (SSSR count). The van der Waals surface area contributed by atoms with E-state index in [0.29, 0.717) is 39.1 Å². The summed E-state index contributed by atoms with van der Waals surface area (Å²) >= 11 is 0. The van der Waals surface area contributed by atoms with Crippen LogP contribution in [0.15, 0.2) is 103 Å². The Morgan fingerprint density at radius 3 is 1.34 bits per heavy atom. The zero-order valence-electron chi connectivity index (χ0n) is 27.3. The molecule has 0 radical (unpaired) electrons. The number of carbonyl (C=O) groups excluding carboxylic acids is 3. The number of ketones is 3. The fraction of sp³-hybridized carbons (Fsp3) is 0.375. The average molecular weight is 688 g/mol. The normalized spacial score (nSPS) is 16.9. The highest BCUT2D eigenvalue weighted by Gasteiger charge is 2.29. The monoisotopic (exact) mass is 687 g/mol. The van der Waals surface area contributed by atoms with Crippen LogP contribution in [0.3, 0.4) is 0 Å². The fourth-order valence-electron chi connectivity index (χ4n) is 5.84. The van der Waals surface area contributed by atoms with Crippen LogP contribution < -0.4 is 0 Å². The third kappa shape index (κ3) is 11.7. The Morgan fingerprint density at radius 1 is 0.447 bits per heavy atom. The van der Waals surface area contributed by atoms with Gasteiger partial charge in [-0.2, -0.15) is 0 Å². The van der Waals surface area contributed by atoms with Crippen LogP contribution >= 0.6 is 0 Å². The van der Waals surface area contributed by atoms with E-state index in [1.807, 2.05) is 84.9 Å². The minimum absolute atomic E-state index is 0.250. The van der Waals surface area contributed by atoms with Crippen molar-refractivity contribution in [3.05, 3.63) is 120 Å². The molecule has 0 bridgehead atoms. The molecule has 246 valence electrons. The van der Waals surface area contributed by atoms with Crippen LogP contribution in [0.2, 0.25) is 0 Å². The Labute approximate surface area is 289 Å². The van der Waals surface area contributed by atoms with Gasteiger partial charge in [0.15, 0.2) is 17.3 Å². The van der Waals surface area contributed by atoms with Gasteiger partial charge in [-0.3, -0.25) is 14.4 Å². The Bertz CT molecular complexity index is 1560. The molecule has 47 heavy (non-hydrogen) atoms. The van der Waals surface area contributed by atoms with Gasteiger partial charge < -0.3 is 4.74 Å². The van der Waals surface area contributed by atoms with Gasteiger partial charge >= 0.3 is 0 Å². The molecule has 0 atom stereocenters. The van der Waals surface area contributed by atoms with Gasteiger partial charge in [-0.25, -0.2) is 0 Å². The van der Waals surface area contributed by atoms with E-state index in [0.717, 1.165) is 58.3 Å². The fourth-order valence-corrected chi connectivity index (χ4v) is 12.1. The lowest BCUT2D eigenvalue weighted by Crippen LogP contribution is -2.31. The average Bonchev–Trinajstić information content (AvgIpc) is 3.85. The molecule has 0 aliphatic carbocycles. The Morgan fingerprint density at radius 2 is 0.851 bits per heavy atom. The molecule has 4 nitrogen and oxygen atoms in total. The van der Waals surface area contributed by atoms with Gasteiger partial charge in [0, 0.05) is 27.6 Å². The second kappa shape index (κ2) is 19.2. The predicted octanol–water partition coefficient (Wildman–Crippen LogP) is 7.23. The molecule has 0 unspecified atom stereocenters. The summed E-state index contributed by atoms with van der Waals surface area (Å²) in [5.74, 6) is 10.4. The van der Waals surface area contributed by atoms with Crippen molar-refractivity contribution in [2.45, 2.75) is 25.7 Å². The van der Waals surface area contributed by atoms with Crippen molar-refractivity contribution < 1.29 is 19.1 Å². The van der Waals surface area contributed by atoms with E-state index >= 15 is 0 Å². The van der Waals surface area contributed by atoms with E-state index in [1.165, 1.54) is 54.1 Å². The molecule has 3 heterocycles. The molecule has 7 heteroatoms. The Kier molecular flexibility index (Phi) is 14.5. The van der Waals surface area contributed by atoms with Crippen LogP contribution in [0.1, 0.15) is 56.8 Å². The first kappa shape index (κ1) is 35.5. The summed E-state index contributed by atoms with van der Waals surface area (Å²) in [5, 5.41) is 2.37. The molecule has 4 aromatic carbocycles. The lowest BCUT2D eigenvalue weighted by molar-refractivity contribution is 0.101. The highest BCUT2D eigenvalue weighted by molar-refractivity contribution is 7.98. The maximum atomic E-state index is 12.3. The SMILES string of the molecule is O=C(C[S+]1CCCC1)c1ccc2ccccc2c1.O=C(C[S+]1CCCC1)c1ccccc1.O=C(C[S+]1CCOCC1)c1ccccc1. The van der Waals surface area contributed by atoms with Gasteiger partial charge in [0.1, 0.15) is 34.5 Å². The standard InChI is InChI=1S/C16H17OS.C12H15O2S.C12H15OS/c17-16(12-18-9-3-4-10-18)15-8-7-13-5-1-2-6-14(13)11-15;13-12(11-4-2-1-3-5-11)10-15-8-6-14-7-9-15;13-12(10-14-8-4-5-9-14)11-6-2-1-3-7-11/h1-2,5-8,11H,3-4,9-10,12H2;1-5H,6-10H2;1-3,6-7H,4-5,8-10H2/q3*+1. The smallest absolute Gasteiger partial charge is 0.211 e. The van der Waals surface area contributed by atoms with E-state index < -0.39 is 0 Å². The summed E-state index contributed by atoms with van der Waals surface area (Å²) in [5.41, 5.74) is 2.61. The molecule has 4 aromatic rings. The van der Waals surface area contributed by atoms with Crippen molar-refractivity contribution in [2.24, 2.45) is 0 Å². The van der Waals surface area contributed by atoms with Crippen molar-refractivity contribution in [1.29, 1.82) is 0 Å². The summed E-state index contributed by atoms with van der Waals surface area (Å²) in [6.07, 6.45) is 5.28. The number of hydrogen-bond donors (Lipinski definition) is 0. The quantitative estimate of drug-likeness (QED) is 0.138. The van der Waals surface area contributed by atoms with Gasteiger partial charge in [0.05, 0.1) is 13.2 Å². The number of carbonyl (C=O) groups is 3. The molecule has 0 aromatic heterocycles. The van der Waals surface area contributed by atoms with Crippen molar-refractivity contribution in [1.82, 2.24) is 0 Å². The summed E-state index contributed by atoms with van der Waals surface area (Å²) in [6.45, 7) is 1.65. The molecule has 0 amide bonds. The first-order chi connectivity index (χ1) is 23.0. The summed E-state index contributed by atoms with van der Waals surface area (Å²) < 4.78 is 5.28. The molecule has 0 N–H and O–H groups in total. The van der Waals surface area contributed by atoms with Gasteiger partial charge in [0.25, 0.3) is 0 Å². The second-order valence-corrected chi connectivity index (χ2v) is 19.1. The lowest BCUT2D eigenvalue weighted by Gasteiger charge is -2.13. The molecular weight excluding hydrogens is 641 g/mol. The molecule has 3 fully saturated rings. The topological polar surface area (TPSA) is 60.4 Å². The van der Waals surface area contributed by atoms with Crippen LogP contribution in [0.5, 0.6) is 0 Å². The summed E-state index contributed by atoms with van der Waals surface area (Å²) in [6, 6.07) is 33.5. The van der Waals surface area contributed by atoms with Crippen molar-refractivity contribution in [3.63, 3.8) is 0 Å². The first-order valence-corrected chi connectivity index (χ1v) is 21.9. The van der Waals surface area contributed by atoms with Gasteiger partial charge in [0.2, 0.25) is 17.3 Å². The van der Waals surface area contributed by atoms with E-state index in [9.17, 15) is 14.4 Å². The maximum Gasteiger partial charge on any atom is 0.211 e. The van der Waals surface area contributed by atoms with E-state index in [-0.39, 0.29) is 16.7 Å². The van der Waals surface area contributed by atoms with Crippen molar-refractivity contribution in [3.8, 4) is 0 Å². The number of Topliss-reactive ketones (excluding diaryl/α,β-unsaturated/α-hetero) is 3.